The summed E-state index contributed by atoms with van der Waals surface area (Å²) in [5.41, 5.74) is 5.99. The van der Waals surface area contributed by atoms with Crippen molar-refractivity contribution in [3.05, 3.63) is 35.9 Å². The highest BCUT2D eigenvalue weighted by Gasteiger charge is 2.37. The second kappa shape index (κ2) is 4.49. The highest BCUT2D eigenvalue weighted by atomic mass is 16.1. The van der Waals surface area contributed by atoms with Gasteiger partial charge in [-0.2, -0.15) is 0 Å². The van der Waals surface area contributed by atoms with Crippen LogP contribution in [0.2, 0.25) is 0 Å². The van der Waals surface area contributed by atoms with Crippen molar-refractivity contribution in [2.24, 2.45) is 11.7 Å². The Morgan fingerprint density at radius 2 is 1.94 bits per heavy atom. The van der Waals surface area contributed by atoms with Crippen molar-refractivity contribution < 1.29 is 4.79 Å². The third kappa shape index (κ3) is 2.86. The Labute approximate surface area is 102 Å². The second-order valence-electron chi connectivity index (χ2n) is 5.36. The molecule has 3 heteroatoms. The van der Waals surface area contributed by atoms with Gasteiger partial charge in [0, 0.05) is 6.04 Å². The number of nitrogens with two attached hydrogens (primary N) is 1. The summed E-state index contributed by atoms with van der Waals surface area (Å²) in [6, 6.07) is 10.5. The summed E-state index contributed by atoms with van der Waals surface area (Å²) in [5, 5.41) is 3.40. The van der Waals surface area contributed by atoms with Crippen molar-refractivity contribution >= 4 is 5.91 Å². The third-order valence-corrected chi connectivity index (χ3v) is 3.38. The minimum atomic E-state index is -0.664. The standard InChI is InChI=1S/C14H20N2O/c1-14(2,13(15)17)16-12(11-8-9-11)10-6-4-3-5-7-10/h3-7,11-12,16H,8-9H2,1-2H3,(H2,15,17). The van der Waals surface area contributed by atoms with E-state index in [1.54, 1.807) is 0 Å². The average molecular weight is 232 g/mol. The van der Waals surface area contributed by atoms with Crippen LogP contribution in [0.5, 0.6) is 0 Å². The molecule has 2 rings (SSSR count). The molecule has 0 saturated heterocycles. The molecular weight excluding hydrogens is 212 g/mol. The van der Waals surface area contributed by atoms with E-state index in [1.165, 1.54) is 18.4 Å². The first-order valence-electron chi connectivity index (χ1n) is 6.13. The maximum Gasteiger partial charge on any atom is 0.237 e. The van der Waals surface area contributed by atoms with Crippen molar-refractivity contribution in [3.63, 3.8) is 0 Å². The second-order valence-corrected chi connectivity index (χ2v) is 5.36. The topological polar surface area (TPSA) is 55.1 Å². The predicted octanol–water partition coefficient (Wildman–Crippen LogP) is 1.99. The summed E-state index contributed by atoms with van der Waals surface area (Å²) in [4.78, 5) is 11.4. The summed E-state index contributed by atoms with van der Waals surface area (Å²) >= 11 is 0. The Hall–Kier alpha value is -1.35. The molecule has 1 aliphatic rings. The summed E-state index contributed by atoms with van der Waals surface area (Å²) in [6.07, 6.45) is 2.45. The summed E-state index contributed by atoms with van der Waals surface area (Å²) in [7, 11) is 0. The highest BCUT2D eigenvalue weighted by molar-refractivity contribution is 5.83. The highest BCUT2D eigenvalue weighted by Crippen LogP contribution is 2.41. The number of hydrogen-bond acceptors (Lipinski definition) is 2. The van der Waals surface area contributed by atoms with E-state index in [-0.39, 0.29) is 11.9 Å². The van der Waals surface area contributed by atoms with E-state index in [0.29, 0.717) is 5.92 Å². The van der Waals surface area contributed by atoms with Gasteiger partial charge in [-0.25, -0.2) is 0 Å². The first-order chi connectivity index (χ1) is 8.00. The fourth-order valence-electron chi connectivity index (χ4n) is 2.02. The SMILES string of the molecule is CC(C)(NC(c1ccccc1)C1CC1)C(N)=O. The lowest BCUT2D eigenvalue weighted by atomic mass is 9.96. The van der Waals surface area contributed by atoms with Crippen LogP contribution in [0.15, 0.2) is 30.3 Å². The average Bonchev–Trinajstić information content (AvgIpc) is 3.11. The minimum Gasteiger partial charge on any atom is -0.368 e. The zero-order valence-electron chi connectivity index (χ0n) is 10.4. The van der Waals surface area contributed by atoms with E-state index in [4.69, 9.17) is 5.73 Å². The van der Waals surface area contributed by atoms with Crippen molar-refractivity contribution in [1.82, 2.24) is 5.32 Å². The van der Waals surface area contributed by atoms with Crippen LogP contribution < -0.4 is 11.1 Å². The van der Waals surface area contributed by atoms with Crippen molar-refractivity contribution in [3.8, 4) is 0 Å². The first kappa shape index (κ1) is 12.1. The summed E-state index contributed by atoms with van der Waals surface area (Å²) in [5.74, 6) is 0.329. The number of carbonyl (C=O) groups is 1. The smallest absolute Gasteiger partial charge is 0.237 e. The Bertz CT molecular complexity index is 396. The normalized spacial score (nSPS) is 17.8. The van der Waals surface area contributed by atoms with Crippen molar-refractivity contribution in [2.75, 3.05) is 0 Å². The minimum absolute atomic E-state index is 0.235. The third-order valence-electron chi connectivity index (χ3n) is 3.38. The van der Waals surface area contributed by atoms with Crippen LogP contribution in [0.1, 0.15) is 38.3 Å². The van der Waals surface area contributed by atoms with Gasteiger partial charge in [0.1, 0.15) is 0 Å². The summed E-state index contributed by atoms with van der Waals surface area (Å²) in [6.45, 7) is 3.68. The fourth-order valence-corrected chi connectivity index (χ4v) is 2.02. The molecule has 0 radical (unpaired) electrons. The Kier molecular flexibility index (Phi) is 3.20. The van der Waals surface area contributed by atoms with E-state index in [9.17, 15) is 4.79 Å². The van der Waals surface area contributed by atoms with Gasteiger partial charge in [-0.3, -0.25) is 10.1 Å². The van der Waals surface area contributed by atoms with E-state index >= 15 is 0 Å². The molecule has 1 amide bonds. The molecule has 1 fully saturated rings. The maximum absolute atomic E-state index is 11.4. The molecular formula is C14H20N2O. The van der Waals surface area contributed by atoms with E-state index < -0.39 is 5.54 Å². The molecule has 0 spiro atoms. The molecule has 1 aromatic rings. The number of rotatable bonds is 5. The lowest BCUT2D eigenvalue weighted by Crippen LogP contribution is -2.52. The van der Waals surface area contributed by atoms with Gasteiger partial charge in [-0.15, -0.1) is 0 Å². The lowest BCUT2D eigenvalue weighted by molar-refractivity contribution is -0.123. The molecule has 0 aromatic heterocycles. The van der Waals surface area contributed by atoms with Gasteiger partial charge in [0.05, 0.1) is 5.54 Å². The van der Waals surface area contributed by atoms with Crippen molar-refractivity contribution in [1.29, 1.82) is 0 Å². The van der Waals surface area contributed by atoms with Crippen LogP contribution in [0.25, 0.3) is 0 Å². The number of amides is 1. The molecule has 3 N–H and O–H groups in total. The van der Waals surface area contributed by atoms with Crippen LogP contribution in [0, 0.1) is 5.92 Å². The number of hydrogen-bond donors (Lipinski definition) is 2. The van der Waals surface area contributed by atoms with Gasteiger partial charge in [-0.05, 0) is 38.2 Å². The molecule has 1 atom stereocenters. The fraction of sp³-hybridized carbons (Fsp3) is 0.500. The molecule has 1 aromatic carbocycles. The number of carbonyl (C=O) groups excluding carboxylic acids is 1. The summed E-state index contributed by atoms with van der Waals surface area (Å²) < 4.78 is 0. The van der Waals surface area contributed by atoms with Crippen LogP contribution in [-0.4, -0.2) is 11.4 Å². The molecule has 0 heterocycles. The molecule has 0 aliphatic heterocycles. The van der Waals surface area contributed by atoms with Crippen LogP contribution >= 0.6 is 0 Å². The Balaban J connectivity index is 2.17. The van der Waals surface area contributed by atoms with Gasteiger partial charge in [0.2, 0.25) is 5.91 Å². The number of nitrogens with one attached hydrogen (secondary N) is 1. The van der Waals surface area contributed by atoms with Gasteiger partial charge >= 0.3 is 0 Å². The molecule has 17 heavy (non-hydrogen) atoms. The van der Waals surface area contributed by atoms with Gasteiger partial charge in [0.25, 0.3) is 0 Å². The van der Waals surface area contributed by atoms with Gasteiger partial charge < -0.3 is 5.73 Å². The van der Waals surface area contributed by atoms with Gasteiger partial charge in [0.15, 0.2) is 0 Å². The van der Waals surface area contributed by atoms with Crippen LogP contribution in [0.3, 0.4) is 0 Å². The largest absolute Gasteiger partial charge is 0.368 e. The van der Waals surface area contributed by atoms with E-state index in [2.05, 4.69) is 17.4 Å². The Morgan fingerprint density at radius 3 is 2.41 bits per heavy atom. The van der Waals surface area contributed by atoms with Crippen LogP contribution in [0.4, 0.5) is 0 Å². The van der Waals surface area contributed by atoms with E-state index in [0.717, 1.165) is 0 Å². The zero-order valence-corrected chi connectivity index (χ0v) is 10.4. The zero-order chi connectivity index (χ0) is 12.5. The molecule has 1 unspecified atom stereocenters. The van der Waals surface area contributed by atoms with Crippen LogP contribution in [-0.2, 0) is 4.79 Å². The van der Waals surface area contributed by atoms with Crippen molar-refractivity contribution in [2.45, 2.75) is 38.3 Å². The quantitative estimate of drug-likeness (QED) is 0.815. The molecule has 3 nitrogen and oxygen atoms in total. The molecule has 1 saturated carbocycles. The molecule has 1 aliphatic carbocycles. The number of primary amides is 1. The van der Waals surface area contributed by atoms with E-state index in [1.807, 2.05) is 32.0 Å². The number of benzene rings is 1. The lowest BCUT2D eigenvalue weighted by Gasteiger charge is -2.29. The molecule has 0 bridgehead atoms. The maximum atomic E-state index is 11.4. The predicted molar refractivity (Wildman–Crippen MR) is 68.3 cm³/mol. The monoisotopic (exact) mass is 232 g/mol. The first-order valence-corrected chi connectivity index (χ1v) is 6.13. The molecule has 92 valence electrons. The van der Waals surface area contributed by atoms with Gasteiger partial charge in [-0.1, -0.05) is 30.3 Å². The Morgan fingerprint density at radius 1 is 1.35 bits per heavy atom.